The normalized spacial score (nSPS) is 22.8. The third-order valence-electron chi connectivity index (χ3n) is 4.19. The van der Waals surface area contributed by atoms with Gasteiger partial charge in [0.2, 0.25) is 0 Å². The molecule has 4 heteroatoms. The van der Waals surface area contributed by atoms with Crippen LogP contribution in [0.3, 0.4) is 0 Å². The molecular formula is C17H26N2O2. The fraction of sp³-hybridized carbons (Fsp3) is 0.588. The van der Waals surface area contributed by atoms with Crippen LogP contribution in [0.4, 0.5) is 4.79 Å². The van der Waals surface area contributed by atoms with Crippen molar-refractivity contribution in [1.82, 2.24) is 10.2 Å². The van der Waals surface area contributed by atoms with Crippen LogP contribution >= 0.6 is 0 Å². The molecule has 1 aliphatic rings. The van der Waals surface area contributed by atoms with Gasteiger partial charge in [0.1, 0.15) is 0 Å². The van der Waals surface area contributed by atoms with Crippen LogP contribution < -0.4 is 5.32 Å². The van der Waals surface area contributed by atoms with Crippen LogP contribution in [0, 0.1) is 5.92 Å². The summed E-state index contributed by atoms with van der Waals surface area (Å²) in [5.74, 6) is 0.510. The van der Waals surface area contributed by atoms with Crippen LogP contribution in [0.15, 0.2) is 30.3 Å². The molecule has 0 radical (unpaired) electrons. The molecule has 0 bridgehead atoms. The molecule has 3 unspecified atom stereocenters. The van der Waals surface area contributed by atoms with E-state index in [0.717, 1.165) is 12.8 Å². The maximum absolute atomic E-state index is 12.1. The molecule has 2 rings (SSSR count). The van der Waals surface area contributed by atoms with Crippen LogP contribution in [0.1, 0.15) is 31.7 Å². The van der Waals surface area contributed by atoms with Crippen molar-refractivity contribution in [3.05, 3.63) is 35.9 Å². The minimum atomic E-state index is -0.496. The highest BCUT2D eigenvalue weighted by atomic mass is 16.3. The first-order valence-corrected chi connectivity index (χ1v) is 7.80. The number of carbonyl (C=O) groups is 1. The average Bonchev–Trinajstić information content (AvgIpc) is 2.86. The predicted molar refractivity (Wildman–Crippen MR) is 84.1 cm³/mol. The van der Waals surface area contributed by atoms with E-state index in [1.807, 2.05) is 6.07 Å². The lowest BCUT2D eigenvalue weighted by Gasteiger charge is -2.25. The number of benzene rings is 1. The number of aliphatic hydroxyl groups is 1. The molecule has 4 nitrogen and oxygen atoms in total. The van der Waals surface area contributed by atoms with E-state index in [9.17, 15) is 9.90 Å². The molecule has 2 N–H and O–H groups in total. The van der Waals surface area contributed by atoms with Crippen molar-refractivity contribution in [2.75, 3.05) is 13.6 Å². The number of hydrogen-bond acceptors (Lipinski definition) is 2. The van der Waals surface area contributed by atoms with E-state index in [2.05, 4.69) is 29.6 Å². The Morgan fingerprint density at radius 1 is 1.38 bits per heavy atom. The predicted octanol–water partition coefficient (Wildman–Crippen LogP) is 2.42. The highest BCUT2D eigenvalue weighted by molar-refractivity contribution is 5.74. The number of urea groups is 1. The Morgan fingerprint density at radius 3 is 2.76 bits per heavy atom. The molecule has 3 atom stereocenters. The molecule has 0 aromatic heterocycles. The van der Waals surface area contributed by atoms with Crippen LogP contribution in [-0.2, 0) is 6.42 Å². The molecule has 0 heterocycles. The van der Waals surface area contributed by atoms with Gasteiger partial charge < -0.3 is 15.3 Å². The zero-order chi connectivity index (χ0) is 15.2. The third kappa shape index (κ3) is 4.74. The van der Waals surface area contributed by atoms with Crippen molar-refractivity contribution in [3.8, 4) is 0 Å². The number of carbonyl (C=O) groups excluding carboxylic acids is 1. The first-order valence-electron chi connectivity index (χ1n) is 7.80. The average molecular weight is 290 g/mol. The van der Waals surface area contributed by atoms with Gasteiger partial charge in [-0.25, -0.2) is 4.79 Å². The Kier molecular flexibility index (Phi) is 5.62. The number of amides is 2. The number of nitrogens with one attached hydrogen (secondary N) is 1. The molecule has 116 valence electrons. The molecule has 0 aliphatic heterocycles. The summed E-state index contributed by atoms with van der Waals surface area (Å²) in [5.41, 5.74) is 1.33. The lowest BCUT2D eigenvalue weighted by molar-refractivity contribution is 0.141. The van der Waals surface area contributed by atoms with Crippen LogP contribution in [0.25, 0.3) is 0 Å². The lowest BCUT2D eigenvalue weighted by atomic mass is 9.95. The molecule has 0 spiro atoms. The van der Waals surface area contributed by atoms with Gasteiger partial charge in [-0.2, -0.15) is 0 Å². The van der Waals surface area contributed by atoms with Crippen molar-refractivity contribution in [2.45, 2.75) is 44.8 Å². The summed E-state index contributed by atoms with van der Waals surface area (Å²) in [6.45, 7) is 2.06. The fourth-order valence-corrected chi connectivity index (χ4v) is 3.14. The Hall–Kier alpha value is -1.55. The number of hydrogen-bond donors (Lipinski definition) is 2. The van der Waals surface area contributed by atoms with E-state index in [1.165, 1.54) is 18.4 Å². The number of nitrogens with zero attached hydrogens (tertiary/aromatic N) is 1. The summed E-state index contributed by atoms with van der Waals surface area (Å²) in [6.07, 6.45) is 3.91. The Balaban J connectivity index is 1.88. The van der Waals surface area contributed by atoms with Crippen molar-refractivity contribution in [1.29, 1.82) is 0 Å². The largest absolute Gasteiger partial charge is 0.392 e. The number of likely N-dealkylation sites (N-methyl/N-ethyl adjacent to an activating group) is 1. The van der Waals surface area contributed by atoms with Gasteiger partial charge in [0.05, 0.1) is 6.10 Å². The smallest absolute Gasteiger partial charge is 0.317 e. The summed E-state index contributed by atoms with van der Waals surface area (Å²) >= 11 is 0. The number of aliphatic hydroxyl groups excluding tert-OH is 1. The van der Waals surface area contributed by atoms with E-state index in [4.69, 9.17) is 0 Å². The standard InChI is InChI=1S/C17H26N2O2/c1-13(20)12-19(2)17(21)18-16-10-6-9-15(16)11-14-7-4-3-5-8-14/h3-5,7-8,13,15-16,20H,6,9-12H2,1-2H3,(H,18,21). The van der Waals surface area contributed by atoms with Gasteiger partial charge in [0, 0.05) is 19.6 Å². The molecule has 1 aromatic carbocycles. The summed E-state index contributed by atoms with van der Waals surface area (Å²) in [5, 5.41) is 12.5. The zero-order valence-electron chi connectivity index (χ0n) is 13.0. The maximum Gasteiger partial charge on any atom is 0.317 e. The summed E-state index contributed by atoms with van der Waals surface area (Å²) in [7, 11) is 1.73. The minimum absolute atomic E-state index is 0.0825. The highest BCUT2D eigenvalue weighted by Gasteiger charge is 2.29. The van der Waals surface area contributed by atoms with E-state index in [-0.39, 0.29) is 12.1 Å². The van der Waals surface area contributed by atoms with Gasteiger partial charge in [-0.15, -0.1) is 0 Å². The fourth-order valence-electron chi connectivity index (χ4n) is 3.14. The van der Waals surface area contributed by atoms with Gasteiger partial charge >= 0.3 is 6.03 Å². The Morgan fingerprint density at radius 2 is 2.10 bits per heavy atom. The SMILES string of the molecule is CC(O)CN(C)C(=O)NC1CCCC1Cc1ccccc1. The first kappa shape index (κ1) is 15.8. The van der Waals surface area contributed by atoms with E-state index < -0.39 is 6.10 Å². The van der Waals surface area contributed by atoms with E-state index in [1.54, 1.807) is 18.9 Å². The van der Waals surface area contributed by atoms with Crippen LogP contribution in [0.5, 0.6) is 0 Å². The van der Waals surface area contributed by atoms with Crippen molar-refractivity contribution < 1.29 is 9.90 Å². The Bertz CT molecular complexity index is 447. The lowest BCUT2D eigenvalue weighted by Crippen LogP contribution is -2.46. The van der Waals surface area contributed by atoms with Gasteiger partial charge in [0.25, 0.3) is 0 Å². The quantitative estimate of drug-likeness (QED) is 0.875. The highest BCUT2D eigenvalue weighted by Crippen LogP contribution is 2.29. The topological polar surface area (TPSA) is 52.6 Å². The van der Waals surface area contributed by atoms with Crippen LogP contribution in [0.2, 0.25) is 0 Å². The molecule has 1 fully saturated rings. The second-order valence-electron chi connectivity index (χ2n) is 6.17. The second-order valence-corrected chi connectivity index (χ2v) is 6.17. The molecule has 21 heavy (non-hydrogen) atoms. The molecule has 1 aliphatic carbocycles. The molecular weight excluding hydrogens is 264 g/mol. The minimum Gasteiger partial charge on any atom is -0.392 e. The molecule has 1 saturated carbocycles. The van der Waals surface area contributed by atoms with Crippen LogP contribution in [-0.4, -0.2) is 41.8 Å². The summed E-state index contributed by atoms with van der Waals surface area (Å²) in [6, 6.07) is 10.6. The van der Waals surface area contributed by atoms with Gasteiger partial charge in [-0.3, -0.25) is 0 Å². The van der Waals surface area contributed by atoms with Crippen molar-refractivity contribution in [2.24, 2.45) is 5.92 Å². The second kappa shape index (κ2) is 7.46. The van der Waals surface area contributed by atoms with Gasteiger partial charge in [-0.1, -0.05) is 36.8 Å². The van der Waals surface area contributed by atoms with Gasteiger partial charge in [0.15, 0.2) is 0 Å². The third-order valence-corrected chi connectivity index (χ3v) is 4.19. The molecule has 2 amide bonds. The summed E-state index contributed by atoms with van der Waals surface area (Å²) in [4.78, 5) is 13.7. The van der Waals surface area contributed by atoms with Crippen molar-refractivity contribution in [3.63, 3.8) is 0 Å². The van der Waals surface area contributed by atoms with Crippen molar-refractivity contribution >= 4 is 6.03 Å². The Labute approximate surface area is 127 Å². The first-order chi connectivity index (χ1) is 10.1. The van der Waals surface area contributed by atoms with E-state index >= 15 is 0 Å². The number of rotatable bonds is 5. The summed E-state index contributed by atoms with van der Waals surface area (Å²) < 4.78 is 0. The van der Waals surface area contributed by atoms with E-state index in [0.29, 0.717) is 12.5 Å². The molecule has 0 saturated heterocycles. The molecule has 1 aromatic rings. The maximum atomic E-state index is 12.1. The van der Waals surface area contributed by atoms with Gasteiger partial charge in [-0.05, 0) is 37.7 Å². The monoisotopic (exact) mass is 290 g/mol. The zero-order valence-corrected chi connectivity index (χ0v) is 13.0.